The van der Waals surface area contributed by atoms with Crippen LogP contribution in [0.3, 0.4) is 0 Å². The van der Waals surface area contributed by atoms with E-state index < -0.39 is 4.92 Å². The number of para-hydroxylation sites is 1. The third-order valence-electron chi connectivity index (χ3n) is 6.87. The van der Waals surface area contributed by atoms with Crippen LogP contribution in [0.15, 0.2) is 91.3 Å². The van der Waals surface area contributed by atoms with Gasteiger partial charge in [0.2, 0.25) is 5.91 Å². The Morgan fingerprint density at radius 1 is 1.08 bits per heavy atom. The zero-order chi connectivity index (χ0) is 27.4. The van der Waals surface area contributed by atoms with Crippen LogP contribution in [0.1, 0.15) is 42.4 Å². The van der Waals surface area contributed by atoms with E-state index in [1.54, 1.807) is 18.3 Å². The maximum atomic E-state index is 13.0. The average molecular weight is 541 g/mol. The molecule has 1 fully saturated rings. The number of carbonyl (C=O) groups excluding carboxylic acids is 1. The van der Waals surface area contributed by atoms with Gasteiger partial charge in [0.25, 0.3) is 5.69 Å². The van der Waals surface area contributed by atoms with Crippen LogP contribution in [0.4, 0.5) is 11.4 Å². The normalized spacial score (nSPS) is 16.6. The van der Waals surface area contributed by atoms with Crippen LogP contribution in [-0.4, -0.2) is 36.9 Å². The zero-order valence-electron chi connectivity index (χ0n) is 21.4. The van der Waals surface area contributed by atoms with E-state index in [-0.39, 0.29) is 30.1 Å². The minimum atomic E-state index is -0.414. The van der Waals surface area contributed by atoms with Gasteiger partial charge in [-0.3, -0.25) is 19.9 Å². The molecule has 9 nitrogen and oxygen atoms in total. The van der Waals surface area contributed by atoms with E-state index in [9.17, 15) is 14.9 Å². The Morgan fingerprint density at radius 2 is 1.85 bits per heavy atom. The minimum absolute atomic E-state index is 0.0276. The zero-order valence-corrected chi connectivity index (χ0v) is 22.2. The van der Waals surface area contributed by atoms with Crippen molar-refractivity contribution in [2.75, 3.05) is 11.9 Å². The van der Waals surface area contributed by atoms with Crippen molar-refractivity contribution in [3.05, 3.63) is 118 Å². The Hall–Kier alpha value is -4.57. The van der Waals surface area contributed by atoms with Crippen molar-refractivity contribution in [3.8, 4) is 5.69 Å². The highest BCUT2D eigenvalue weighted by atomic mass is 32.1. The van der Waals surface area contributed by atoms with Gasteiger partial charge >= 0.3 is 0 Å². The summed E-state index contributed by atoms with van der Waals surface area (Å²) in [6.45, 7) is 2.45. The molecule has 2 N–H and O–H groups in total. The standard InChI is InChI=1S/C29H28N6O3S/c1-2-20-8-3-4-9-23(20)31-26(36)16-19-34-28(27(32-29(34)39)24-10-5-6-17-30-24)25-11-7-18-33(25)21-12-14-22(15-13-21)35(37)38/h3-15,17-18,27-28H,2,16,19H2,1H3,(H,31,36)(H,32,39). The molecule has 4 aromatic rings. The van der Waals surface area contributed by atoms with Crippen molar-refractivity contribution in [3.63, 3.8) is 0 Å². The molecule has 1 amide bonds. The first-order valence-electron chi connectivity index (χ1n) is 12.7. The number of amides is 1. The summed E-state index contributed by atoms with van der Waals surface area (Å²) in [5.41, 5.74) is 4.46. The second-order valence-electron chi connectivity index (χ2n) is 9.21. The van der Waals surface area contributed by atoms with Gasteiger partial charge in [-0.25, -0.2) is 0 Å². The van der Waals surface area contributed by atoms with Crippen LogP contribution in [0, 0.1) is 10.1 Å². The minimum Gasteiger partial charge on any atom is -0.352 e. The number of aryl methyl sites for hydroxylation is 1. The summed E-state index contributed by atoms with van der Waals surface area (Å²) < 4.78 is 1.99. The average Bonchev–Trinajstić information content (AvgIpc) is 3.57. The number of pyridine rings is 1. The number of aromatic nitrogens is 2. The second kappa shape index (κ2) is 11.4. The molecular formula is C29H28N6O3S. The van der Waals surface area contributed by atoms with Crippen LogP contribution in [0.2, 0.25) is 0 Å². The van der Waals surface area contributed by atoms with Crippen LogP contribution in [0.25, 0.3) is 5.69 Å². The molecule has 2 unspecified atom stereocenters. The van der Waals surface area contributed by atoms with Crippen LogP contribution < -0.4 is 10.6 Å². The highest BCUT2D eigenvalue weighted by Gasteiger charge is 2.41. The summed E-state index contributed by atoms with van der Waals surface area (Å²) in [5, 5.41) is 18.2. The lowest BCUT2D eigenvalue weighted by atomic mass is 10.0. The molecule has 2 aromatic heterocycles. The highest BCUT2D eigenvalue weighted by molar-refractivity contribution is 7.80. The number of non-ortho nitro benzene ring substituents is 1. The summed E-state index contributed by atoms with van der Waals surface area (Å²) >= 11 is 5.77. The molecule has 198 valence electrons. The molecule has 1 aliphatic heterocycles. The first-order chi connectivity index (χ1) is 19.0. The molecule has 0 saturated carbocycles. The quantitative estimate of drug-likeness (QED) is 0.168. The Bertz CT molecular complexity index is 1490. The van der Waals surface area contributed by atoms with E-state index in [1.807, 2.05) is 70.3 Å². The number of carbonyl (C=O) groups is 1. The summed E-state index contributed by atoms with van der Waals surface area (Å²) in [7, 11) is 0. The number of nitrogens with one attached hydrogen (secondary N) is 2. The molecule has 1 saturated heterocycles. The number of rotatable bonds is 9. The third kappa shape index (κ3) is 5.51. The van der Waals surface area contributed by atoms with E-state index in [2.05, 4.69) is 22.5 Å². The van der Waals surface area contributed by atoms with Gasteiger partial charge in [-0.1, -0.05) is 31.2 Å². The maximum absolute atomic E-state index is 13.0. The molecule has 2 aromatic carbocycles. The largest absolute Gasteiger partial charge is 0.352 e. The third-order valence-corrected chi connectivity index (χ3v) is 7.22. The van der Waals surface area contributed by atoms with Crippen LogP contribution >= 0.6 is 12.2 Å². The molecule has 10 heteroatoms. The summed E-state index contributed by atoms with van der Waals surface area (Å²) in [6.07, 6.45) is 4.72. The molecule has 2 atom stereocenters. The van der Waals surface area contributed by atoms with Gasteiger partial charge in [-0.2, -0.15) is 0 Å². The fourth-order valence-electron chi connectivity index (χ4n) is 4.96. The van der Waals surface area contributed by atoms with Crippen molar-refractivity contribution < 1.29 is 9.72 Å². The number of anilines is 1. The maximum Gasteiger partial charge on any atom is 0.269 e. The number of benzene rings is 2. The molecule has 0 bridgehead atoms. The summed E-state index contributed by atoms with van der Waals surface area (Å²) in [4.78, 5) is 30.3. The Morgan fingerprint density at radius 3 is 2.56 bits per heavy atom. The highest BCUT2D eigenvalue weighted by Crippen LogP contribution is 2.39. The van der Waals surface area contributed by atoms with Gasteiger partial charge in [0.05, 0.1) is 22.7 Å². The number of hydrogen-bond donors (Lipinski definition) is 2. The van der Waals surface area contributed by atoms with Gasteiger partial charge in [-0.15, -0.1) is 0 Å². The van der Waals surface area contributed by atoms with Crippen molar-refractivity contribution in [1.29, 1.82) is 0 Å². The first kappa shape index (κ1) is 26.1. The van der Waals surface area contributed by atoms with E-state index in [1.165, 1.54) is 12.1 Å². The molecule has 5 rings (SSSR count). The Balaban J connectivity index is 1.44. The fourth-order valence-corrected chi connectivity index (χ4v) is 5.29. The fraction of sp³-hybridized carbons (Fsp3) is 0.207. The van der Waals surface area contributed by atoms with Gasteiger partial charge in [0.1, 0.15) is 0 Å². The van der Waals surface area contributed by atoms with Crippen molar-refractivity contribution in [1.82, 2.24) is 19.8 Å². The topological polar surface area (TPSA) is 105 Å². The van der Waals surface area contributed by atoms with E-state index in [4.69, 9.17) is 12.2 Å². The van der Waals surface area contributed by atoms with E-state index >= 15 is 0 Å². The number of nitro groups is 1. The van der Waals surface area contributed by atoms with Crippen LogP contribution in [0.5, 0.6) is 0 Å². The Kier molecular flexibility index (Phi) is 7.64. The number of thiocarbonyl (C=S) groups is 1. The lowest BCUT2D eigenvalue weighted by Gasteiger charge is -2.29. The van der Waals surface area contributed by atoms with E-state index in [0.29, 0.717) is 11.7 Å². The first-order valence-corrected chi connectivity index (χ1v) is 13.1. The van der Waals surface area contributed by atoms with Gasteiger partial charge < -0.3 is 20.1 Å². The molecule has 39 heavy (non-hydrogen) atoms. The molecule has 0 spiro atoms. The molecule has 0 radical (unpaired) electrons. The number of hydrogen-bond acceptors (Lipinski definition) is 5. The Labute approximate surface area is 231 Å². The monoisotopic (exact) mass is 540 g/mol. The second-order valence-corrected chi connectivity index (χ2v) is 9.59. The van der Waals surface area contributed by atoms with Gasteiger partial charge in [0, 0.05) is 54.6 Å². The predicted octanol–water partition coefficient (Wildman–Crippen LogP) is 5.34. The van der Waals surface area contributed by atoms with Crippen molar-refractivity contribution in [2.24, 2.45) is 0 Å². The smallest absolute Gasteiger partial charge is 0.269 e. The molecular weight excluding hydrogens is 512 g/mol. The predicted molar refractivity (Wildman–Crippen MR) is 154 cm³/mol. The van der Waals surface area contributed by atoms with Crippen LogP contribution in [-0.2, 0) is 11.2 Å². The van der Waals surface area contributed by atoms with E-state index in [0.717, 1.165) is 34.7 Å². The lowest BCUT2D eigenvalue weighted by Crippen LogP contribution is -2.33. The molecule has 3 heterocycles. The summed E-state index contributed by atoms with van der Waals surface area (Å²) in [5.74, 6) is -0.0931. The lowest BCUT2D eigenvalue weighted by molar-refractivity contribution is -0.384. The van der Waals surface area contributed by atoms with Gasteiger partial charge in [-0.05, 0) is 66.7 Å². The molecule has 1 aliphatic rings. The van der Waals surface area contributed by atoms with Gasteiger partial charge in [0.15, 0.2) is 5.11 Å². The number of nitro benzene ring substituents is 1. The van der Waals surface area contributed by atoms with Crippen molar-refractivity contribution in [2.45, 2.75) is 31.8 Å². The van der Waals surface area contributed by atoms with Crippen molar-refractivity contribution >= 4 is 34.6 Å². The summed E-state index contributed by atoms with van der Waals surface area (Å²) in [6, 6.07) is 23.4. The number of nitrogens with zero attached hydrogens (tertiary/aromatic N) is 4. The molecule has 0 aliphatic carbocycles. The SMILES string of the molecule is CCc1ccccc1NC(=O)CCN1C(=S)NC(c2ccccn2)C1c1cccn1-c1ccc([N+](=O)[O-])cc1.